The first-order valence-electron chi connectivity index (χ1n) is 6.29. The summed E-state index contributed by atoms with van der Waals surface area (Å²) < 4.78 is 0. The topological polar surface area (TPSA) is 32.3 Å². The molecule has 2 fully saturated rings. The summed E-state index contributed by atoms with van der Waals surface area (Å²) in [5.74, 6) is 0.420. The molecule has 90 valence electrons. The van der Waals surface area contributed by atoms with Crippen molar-refractivity contribution < 1.29 is 4.79 Å². The Labute approximate surface area is 102 Å². The minimum Gasteiger partial charge on any atom is -0.308 e. The zero-order valence-corrected chi connectivity index (χ0v) is 9.98. The largest absolute Gasteiger partial charge is 0.308 e. The second-order valence-electron chi connectivity index (χ2n) is 5.30. The molecule has 2 aliphatic rings. The van der Waals surface area contributed by atoms with Gasteiger partial charge in [-0.05, 0) is 5.56 Å². The number of rotatable bonds is 2. The molecule has 0 aromatic heterocycles. The number of likely N-dealkylation sites (tertiary alicyclic amines) is 1. The lowest BCUT2D eigenvalue weighted by Crippen LogP contribution is -2.71. The molecule has 1 N–H and O–H groups in total. The molecule has 17 heavy (non-hydrogen) atoms. The zero-order chi connectivity index (χ0) is 11.7. The van der Waals surface area contributed by atoms with Crippen molar-refractivity contribution in [2.24, 2.45) is 0 Å². The third-order valence-electron chi connectivity index (χ3n) is 3.74. The highest BCUT2D eigenvalue weighted by Gasteiger charge is 2.45. The predicted molar refractivity (Wildman–Crippen MR) is 66.7 cm³/mol. The smallest absolute Gasteiger partial charge is 0.136 e. The number of benzene rings is 1. The van der Waals surface area contributed by atoms with Gasteiger partial charge in [0.2, 0.25) is 0 Å². The fourth-order valence-electron chi connectivity index (χ4n) is 2.98. The van der Waals surface area contributed by atoms with Gasteiger partial charge in [-0.2, -0.15) is 0 Å². The van der Waals surface area contributed by atoms with Gasteiger partial charge in [-0.3, -0.25) is 9.69 Å². The summed E-state index contributed by atoms with van der Waals surface area (Å²) in [7, 11) is 0. The van der Waals surface area contributed by atoms with Crippen molar-refractivity contribution >= 4 is 5.78 Å². The third-order valence-corrected chi connectivity index (χ3v) is 3.74. The van der Waals surface area contributed by atoms with Crippen molar-refractivity contribution in [1.29, 1.82) is 0 Å². The molecular weight excluding hydrogens is 212 g/mol. The van der Waals surface area contributed by atoms with Crippen molar-refractivity contribution in [1.82, 2.24) is 10.2 Å². The van der Waals surface area contributed by atoms with Gasteiger partial charge >= 0.3 is 0 Å². The number of nitrogens with zero attached hydrogens (tertiary/aromatic N) is 1. The van der Waals surface area contributed by atoms with E-state index in [0.717, 1.165) is 32.6 Å². The van der Waals surface area contributed by atoms with E-state index in [1.165, 1.54) is 5.56 Å². The lowest BCUT2D eigenvalue weighted by Gasteiger charge is -2.52. The molecule has 3 rings (SSSR count). The molecule has 0 saturated carbocycles. The highest BCUT2D eigenvalue weighted by molar-refractivity contribution is 5.81. The van der Waals surface area contributed by atoms with E-state index in [0.29, 0.717) is 12.2 Å². The van der Waals surface area contributed by atoms with E-state index in [4.69, 9.17) is 0 Å². The fourth-order valence-corrected chi connectivity index (χ4v) is 2.98. The first-order valence-corrected chi connectivity index (χ1v) is 6.29. The second-order valence-corrected chi connectivity index (χ2v) is 5.30. The number of hydrogen-bond acceptors (Lipinski definition) is 3. The maximum absolute atomic E-state index is 11.5. The average Bonchev–Trinajstić information content (AvgIpc) is 2.28. The van der Waals surface area contributed by atoms with Crippen LogP contribution in [0.15, 0.2) is 30.3 Å². The summed E-state index contributed by atoms with van der Waals surface area (Å²) in [6.45, 7) is 3.87. The van der Waals surface area contributed by atoms with Crippen LogP contribution in [0.2, 0.25) is 0 Å². The quantitative estimate of drug-likeness (QED) is 0.828. The lowest BCUT2D eigenvalue weighted by molar-refractivity contribution is -0.125. The van der Waals surface area contributed by atoms with Gasteiger partial charge in [-0.15, -0.1) is 0 Å². The van der Waals surface area contributed by atoms with Gasteiger partial charge in [-0.25, -0.2) is 0 Å². The van der Waals surface area contributed by atoms with Crippen molar-refractivity contribution in [3.05, 3.63) is 35.9 Å². The van der Waals surface area contributed by atoms with E-state index in [1.807, 2.05) is 6.07 Å². The normalized spacial score (nSPS) is 23.6. The summed E-state index contributed by atoms with van der Waals surface area (Å²) in [6, 6.07) is 10.5. The number of Topliss-reactive ketones (excluding diaryl/α,β-unsaturated/α-hetero) is 1. The second kappa shape index (κ2) is 4.24. The minimum atomic E-state index is 0.101. The van der Waals surface area contributed by atoms with Gasteiger partial charge in [-0.1, -0.05) is 30.3 Å². The van der Waals surface area contributed by atoms with Gasteiger partial charge < -0.3 is 5.32 Å². The van der Waals surface area contributed by atoms with Crippen LogP contribution in [-0.2, 0) is 11.3 Å². The Bertz CT molecular complexity index is 409. The van der Waals surface area contributed by atoms with Gasteiger partial charge in [0.1, 0.15) is 5.78 Å². The highest BCUT2D eigenvalue weighted by Crippen LogP contribution is 2.29. The molecular formula is C14H18N2O. The Morgan fingerprint density at radius 3 is 2.71 bits per heavy atom. The van der Waals surface area contributed by atoms with Crippen LogP contribution in [0.25, 0.3) is 0 Å². The number of ketones is 1. The van der Waals surface area contributed by atoms with Crippen LogP contribution in [0.5, 0.6) is 0 Å². The fraction of sp³-hybridized carbons (Fsp3) is 0.500. The number of nitrogens with one attached hydrogen (secondary N) is 1. The first-order chi connectivity index (χ1) is 8.26. The molecule has 0 amide bonds. The summed E-state index contributed by atoms with van der Waals surface area (Å²) in [4.78, 5) is 13.9. The van der Waals surface area contributed by atoms with Crippen LogP contribution in [0, 0.1) is 0 Å². The molecule has 3 heteroatoms. The van der Waals surface area contributed by atoms with Gasteiger partial charge in [0, 0.05) is 39.0 Å². The lowest BCUT2D eigenvalue weighted by atomic mass is 9.81. The van der Waals surface area contributed by atoms with Crippen LogP contribution >= 0.6 is 0 Å². The molecule has 1 spiro atoms. The summed E-state index contributed by atoms with van der Waals surface area (Å²) in [5, 5.41) is 3.52. The summed E-state index contributed by atoms with van der Waals surface area (Å²) >= 11 is 0. The number of hydrogen-bond donors (Lipinski definition) is 1. The van der Waals surface area contributed by atoms with Crippen LogP contribution in [0.1, 0.15) is 18.4 Å². The molecule has 1 aromatic carbocycles. The third kappa shape index (κ3) is 2.26. The Balaban J connectivity index is 1.56. The standard InChI is InChI=1S/C14H18N2O/c17-13-6-7-15-14(8-13)10-16(11-14)9-12-4-2-1-3-5-12/h1-5,15H,6-11H2. The average molecular weight is 230 g/mol. The Morgan fingerprint density at radius 1 is 1.24 bits per heavy atom. The van der Waals surface area contributed by atoms with E-state index in [1.54, 1.807) is 0 Å². The maximum Gasteiger partial charge on any atom is 0.136 e. The Morgan fingerprint density at radius 2 is 2.00 bits per heavy atom. The van der Waals surface area contributed by atoms with Crippen LogP contribution in [0.4, 0.5) is 0 Å². The van der Waals surface area contributed by atoms with Crippen molar-refractivity contribution in [3.8, 4) is 0 Å². The number of carbonyl (C=O) groups excluding carboxylic acids is 1. The Hall–Kier alpha value is -1.19. The molecule has 1 aromatic rings. The molecule has 0 unspecified atom stereocenters. The minimum absolute atomic E-state index is 0.101. The summed E-state index contributed by atoms with van der Waals surface area (Å²) in [6.07, 6.45) is 1.43. The molecule has 2 saturated heterocycles. The van der Waals surface area contributed by atoms with E-state index in [2.05, 4.69) is 34.5 Å². The molecule has 0 bridgehead atoms. The van der Waals surface area contributed by atoms with Gasteiger partial charge in [0.25, 0.3) is 0 Å². The predicted octanol–water partition coefficient (Wildman–Crippen LogP) is 1.19. The maximum atomic E-state index is 11.5. The van der Waals surface area contributed by atoms with Crippen molar-refractivity contribution in [2.75, 3.05) is 19.6 Å². The van der Waals surface area contributed by atoms with Crippen molar-refractivity contribution in [2.45, 2.75) is 24.9 Å². The van der Waals surface area contributed by atoms with Crippen LogP contribution in [-0.4, -0.2) is 35.9 Å². The zero-order valence-electron chi connectivity index (χ0n) is 9.98. The van der Waals surface area contributed by atoms with Gasteiger partial charge in [0.15, 0.2) is 0 Å². The Kier molecular flexibility index (Phi) is 2.73. The van der Waals surface area contributed by atoms with Crippen molar-refractivity contribution in [3.63, 3.8) is 0 Å². The monoisotopic (exact) mass is 230 g/mol. The van der Waals surface area contributed by atoms with Crippen LogP contribution < -0.4 is 5.32 Å². The van der Waals surface area contributed by atoms with Gasteiger partial charge in [0.05, 0.1) is 5.54 Å². The molecule has 2 heterocycles. The van der Waals surface area contributed by atoms with E-state index < -0.39 is 0 Å². The molecule has 2 aliphatic heterocycles. The molecule has 3 nitrogen and oxygen atoms in total. The molecule has 0 radical (unpaired) electrons. The van der Waals surface area contributed by atoms with E-state index in [-0.39, 0.29) is 5.54 Å². The molecule has 0 aliphatic carbocycles. The van der Waals surface area contributed by atoms with E-state index >= 15 is 0 Å². The summed E-state index contributed by atoms with van der Waals surface area (Å²) in [5.41, 5.74) is 1.45. The van der Waals surface area contributed by atoms with E-state index in [9.17, 15) is 4.79 Å². The number of carbonyl (C=O) groups is 1. The SMILES string of the molecule is O=C1CCNC2(C1)CN(Cc1ccccc1)C2. The number of piperidine rings is 1. The molecule has 0 atom stereocenters. The first kappa shape index (κ1) is 10.9. The van der Waals surface area contributed by atoms with Crippen LogP contribution in [0.3, 0.4) is 0 Å². The highest BCUT2D eigenvalue weighted by atomic mass is 16.1.